The Hall–Kier alpha value is -2.54. The summed E-state index contributed by atoms with van der Waals surface area (Å²) in [7, 11) is 0. The number of hydrogen-bond acceptors (Lipinski definition) is 6. The van der Waals surface area contributed by atoms with Crippen LogP contribution in [-0.4, -0.2) is 51.6 Å². The van der Waals surface area contributed by atoms with Gasteiger partial charge in [-0.2, -0.15) is 0 Å². The van der Waals surface area contributed by atoms with Crippen molar-refractivity contribution in [3.05, 3.63) is 47.7 Å². The summed E-state index contributed by atoms with van der Waals surface area (Å²) in [6, 6.07) is 5.42. The third-order valence-corrected chi connectivity index (χ3v) is 3.96. The maximum absolute atomic E-state index is 12.9. The van der Waals surface area contributed by atoms with Crippen molar-refractivity contribution in [1.29, 1.82) is 0 Å². The number of nitrogens with one attached hydrogen (secondary N) is 1. The highest BCUT2D eigenvalue weighted by Crippen LogP contribution is 2.24. The number of ether oxygens (including phenoxy) is 1. The van der Waals surface area contributed by atoms with Crippen LogP contribution in [0.5, 0.6) is 0 Å². The molecule has 0 saturated carbocycles. The molecule has 1 unspecified atom stereocenters. The molecule has 3 heterocycles. The zero-order chi connectivity index (χ0) is 17.8. The van der Waals surface area contributed by atoms with Crippen molar-refractivity contribution in [2.24, 2.45) is 0 Å². The number of anilines is 1. The average Bonchev–Trinajstić information content (AvgIpc) is 2.61. The van der Waals surface area contributed by atoms with E-state index >= 15 is 0 Å². The van der Waals surface area contributed by atoms with Gasteiger partial charge in [-0.05, 0) is 39.0 Å². The van der Waals surface area contributed by atoms with Crippen molar-refractivity contribution in [3.8, 4) is 0 Å². The Kier molecular flexibility index (Phi) is 5.23. The van der Waals surface area contributed by atoms with E-state index in [1.165, 1.54) is 0 Å². The van der Waals surface area contributed by atoms with E-state index in [0.29, 0.717) is 31.1 Å². The SMILES string of the molecule is Cc1ccc(C(=O)N2CCOCC2c2nccc(NC(C)C)n2)cn1. The Morgan fingerprint density at radius 2 is 2.16 bits per heavy atom. The van der Waals surface area contributed by atoms with Gasteiger partial charge < -0.3 is 15.0 Å². The molecular formula is C18H23N5O2. The molecule has 1 aliphatic heterocycles. The summed E-state index contributed by atoms with van der Waals surface area (Å²) in [5.74, 6) is 1.25. The lowest BCUT2D eigenvalue weighted by Gasteiger charge is -2.34. The molecule has 0 bridgehead atoms. The third kappa shape index (κ3) is 4.11. The lowest BCUT2D eigenvalue weighted by molar-refractivity contribution is -0.00521. The predicted molar refractivity (Wildman–Crippen MR) is 94.4 cm³/mol. The fourth-order valence-corrected chi connectivity index (χ4v) is 2.73. The van der Waals surface area contributed by atoms with E-state index in [2.05, 4.69) is 20.3 Å². The van der Waals surface area contributed by atoms with Crippen LogP contribution in [0.25, 0.3) is 0 Å². The minimum Gasteiger partial charge on any atom is -0.377 e. The molecule has 2 aromatic heterocycles. The predicted octanol–water partition coefficient (Wildman–Crippen LogP) is 2.21. The van der Waals surface area contributed by atoms with Gasteiger partial charge in [-0.3, -0.25) is 9.78 Å². The van der Waals surface area contributed by atoms with Crippen molar-refractivity contribution in [3.63, 3.8) is 0 Å². The standard InChI is InChI=1S/C18H23N5O2/c1-12(2)21-16-6-7-19-17(22-16)15-11-25-9-8-23(15)18(24)14-5-4-13(3)20-10-14/h4-7,10,12,15H,8-9,11H2,1-3H3,(H,19,21,22). The molecule has 0 radical (unpaired) electrons. The average molecular weight is 341 g/mol. The number of nitrogens with zero attached hydrogens (tertiary/aromatic N) is 4. The Labute approximate surface area is 147 Å². The largest absolute Gasteiger partial charge is 0.377 e. The van der Waals surface area contributed by atoms with Gasteiger partial charge >= 0.3 is 0 Å². The molecule has 1 aliphatic rings. The molecule has 1 N–H and O–H groups in total. The summed E-state index contributed by atoms with van der Waals surface area (Å²) in [6.45, 7) is 7.38. The van der Waals surface area contributed by atoms with Crippen LogP contribution in [0.15, 0.2) is 30.6 Å². The Morgan fingerprint density at radius 1 is 1.32 bits per heavy atom. The van der Waals surface area contributed by atoms with Crippen LogP contribution < -0.4 is 5.32 Å². The van der Waals surface area contributed by atoms with Crippen LogP contribution >= 0.6 is 0 Å². The quantitative estimate of drug-likeness (QED) is 0.918. The Balaban J connectivity index is 1.86. The van der Waals surface area contributed by atoms with Crippen LogP contribution in [0.3, 0.4) is 0 Å². The van der Waals surface area contributed by atoms with Gasteiger partial charge in [0.05, 0.1) is 18.8 Å². The number of aryl methyl sites for hydroxylation is 1. The van der Waals surface area contributed by atoms with Crippen molar-refractivity contribution >= 4 is 11.7 Å². The molecule has 1 fully saturated rings. The van der Waals surface area contributed by atoms with Crippen molar-refractivity contribution in [2.45, 2.75) is 32.9 Å². The molecule has 25 heavy (non-hydrogen) atoms. The summed E-state index contributed by atoms with van der Waals surface area (Å²) in [5, 5.41) is 3.26. The number of rotatable bonds is 4. The molecule has 1 saturated heterocycles. The minimum atomic E-state index is -0.309. The summed E-state index contributed by atoms with van der Waals surface area (Å²) in [5.41, 5.74) is 1.44. The molecule has 132 valence electrons. The highest BCUT2D eigenvalue weighted by atomic mass is 16.5. The zero-order valence-electron chi connectivity index (χ0n) is 14.8. The van der Waals surface area contributed by atoms with E-state index < -0.39 is 0 Å². The van der Waals surface area contributed by atoms with Gasteiger partial charge in [0.1, 0.15) is 11.9 Å². The molecule has 1 amide bonds. The van der Waals surface area contributed by atoms with Crippen molar-refractivity contribution in [1.82, 2.24) is 19.9 Å². The molecule has 7 heteroatoms. The van der Waals surface area contributed by atoms with E-state index in [1.807, 2.05) is 32.9 Å². The molecule has 7 nitrogen and oxygen atoms in total. The fourth-order valence-electron chi connectivity index (χ4n) is 2.73. The number of amides is 1. The van der Waals surface area contributed by atoms with Gasteiger partial charge in [-0.1, -0.05) is 0 Å². The summed E-state index contributed by atoms with van der Waals surface area (Å²) in [4.78, 5) is 27.8. The van der Waals surface area contributed by atoms with E-state index in [-0.39, 0.29) is 18.0 Å². The number of aromatic nitrogens is 3. The topological polar surface area (TPSA) is 80.2 Å². The maximum Gasteiger partial charge on any atom is 0.256 e. The number of hydrogen-bond donors (Lipinski definition) is 1. The van der Waals surface area contributed by atoms with E-state index in [9.17, 15) is 4.79 Å². The van der Waals surface area contributed by atoms with E-state index in [1.54, 1.807) is 23.4 Å². The van der Waals surface area contributed by atoms with Gasteiger partial charge in [0.15, 0.2) is 5.82 Å². The number of carbonyl (C=O) groups is 1. The van der Waals surface area contributed by atoms with E-state index in [4.69, 9.17) is 4.74 Å². The van der Waals surface area contributed by atoms with Crippen LogP contribution in [0, 0.1) is 6.92 Å². The van der Waals surface area contributed by atoms with E-state index in [0.717, 1.165) is 11.5 Å². The summed E-state index contributed by atoms with van der Waals surface area (Å²) < 4.78 is 5.58. The fraction of sp³-hybridized carbons (Fsp3) is 0.444. The summed E-state index contributed by atoms with van der Waals surface area (Å²) in [6.07, 6.45) is 3.32. The van der Waals surface area contributed by atoms with Crippen LogP contribution in [0.1, 0.15) is 41.8 Å². The molecular weight excluding hydrogens is 318 g/mol. The second-order valence-corrected chi connectivity index (χ2v) is 6.38. The molecule has 0 aliphatic carbocycles. The number of morpholine rings is 1. The first kappa shape index (κ1) is 17.3. The molecule has 3 rings (SSSR count). The van der Waals surface area contributed by atoms with Gasteiger partial charge in [-0.15, -0.1) is 0 Å². The molecule has 1 atom stereocenters. The number of carbonyl (C=O) groups excluding carboxylic acids is 1. The first-order valence-corrected chi connectivity index (χ1v) is 8.45. The maximum atomic E-state index is 12.9. The lowest BCUT2D eigenvalue weighted by Crippen LogP contribution is -2.44. The Bertz CT molecular complexity index is 733. The first-order valence-electron chi connectivity index (χ1n) is 8.45. The third-order valence-electron chi connectivity index (χ3n) is 3.96. The second kappa shape index (κ2) is 7.57. The minimum absolute atomic E-state index is 0.0772. The van der Waals surface area contributed by atoms with Crippen molar-refractivity contribution < 1.29 is 9.53 Å². The monoisotopic (exact) mass is 341 g/mol. The van der Waals surface area contributed by atoms with Gasteiger partial charge in [0.2, 0.25) is 0 Å². The molecule has 2 aromatic rings. The highest BCUT2D eigenvalue weighted by Gasteiger charge is 2.31. The van der Waals surface area contributed by atoms with Gasteiger partial charge in [-0.25, -0.2) is 9.97 Å². The summed E-state index contributed by atoms with van der Waals surface area (Å²) >= 11 is 0. The number of pyridine rings is 1. The molecule has 0 aromatic carbocycles. The second-order valence-electron chi connectivity index (χ2n) is 6.38. The zero-order valence-corrected chi connectivity index (χ0v) is 14.8. The van der Waals surface area contributed by atoms with Crippen molar-refractivity contribution in [2.75, 3.05) is 25.1 Å². The van der Waals surface area contributed by atoms with Crippen LogP contribution in [-0.2, 0) is 4.74 Å². The normalized spacial score (nSPS) is 17.6. The lowest BCUT2D eigenvalue weighted by atomic mass is 10.1. The van der Waals surface area contributed by atoms with Gasteiger partial charge in [0.25, 0.3) is 5.91 Å². The smallest absolute Gasteiger partial charge is 0.256 e. The highest BCUT2D eigenvalue weighted by molar-refractivity contribution is 5.94. The van der Waals surface area contributed by atoms with Crippen LogP contribution in [0.2, 0.25) is 0 Å². The molecule has 0 spiro atoms. The first-order chi connectivity index (χ1) is 12.0. The van der Waals surface area contributed by atoms with Crippen LogP contribution in [0.4, 0.5) is 5.82 Å². The van der Waals surface area contributed by atoms with Gasteiger partial charge in [0, 0.05) is 30.7 Å². The Morgan fingerprint density at radius 3 is 2.88 bits per heavy atom.